The predicted octanol–water partition coefficient (Wildman–Crippen LogP) is 5.76. The molecule has 0 aromatic heterocycles. The Hall–Kier alpha value is -2.52. The van der Waals surface area contributed by atoms with Gasteiger partial charge in [-0.25, -0.2) is 0 Å². The SMILES string of the molecule is Cc1ccc(C)c(NC(=O)CSC(c2ccccc2)c2ccccc2)c1. The summed E-state index contributed by atoms with van der Waals surface area (Å²) in [5, 5.41) is 3.19. The van der Waals surface area contributed by atoms with E-state index >= 15 is 0 Å². The molecule has 3 aromatic carbocycles. The van der Waals surface area contributed by atoms with Gasteiger partial charge in [0.05, 0.1) is 11.0 Å². The van der Waals surface area contributed by atoms with Crippen LogP contribution in [0.5, 0.6) is 0 Å². The van der Waals surface area contributed by atoms with Crippen molar-refractivity contribution >= 4 is 23.4 Å². The maximum atomic E-state index is 12.5. The normalized spacial score (nSPS) is 10.7. The highest BCUT2D eigenvalue weighted by Crippen LogP contribution is 2.35. The fraction of sp³-hybridized carbons (Fsp3) is 0.174. The van der Waals surface area contributed by atoms with Crippen LogP contribution in [0.25, 0.3) is 0 Å². The van der Waals surface area contributed by atoms with Crippen LogP contribution in [0.15, 0.2) is 78.9 Å². The van der Waals surface area contributed by atoms with E-state index < -0.39 is 0 Å². The Bertz CT molecular complexity index is 822. The van der Waals surface area contributed by atoms with Crippen LogP contribution in [0.2, 0.25) is 0 Å². The molecule has 2 nitrogen and oxygen atoms in total. The van der Waals surface area contributed by atoms with E-state index in [1.807, 2.05) is 62.4 Å². The summed E-state index contributed by atoms with van der Waals surface area (Å²) in [6.07, 6.45) is 0. The van der Waals surface area contributed by atoms with Gasteiger partial charge in [-0.15, -0.1) is 11.8 Å². The minimum atomic E-state index is 0.0283. The minimum absolute atomic E-state index is 0.0283. The van der Waals surface area contributed by atoms with E-state index in [1.165, 1.54) is 11.1 Å². The van der Waals surface area contributed by atoms with Crippen LogP contribution in [0.4, 0.5) is 5.69 Å². The van der Waals surface area contributed by atoms with Crippen molar-refractivity contribution in [3.63, 3.8) is 0 Å². The third-order valence-electron chi connectivity index (χ3n) is 4.25. The minimum Gasteiger partial charge on any atom is -0.325 e. The first-order valence-electron chi connectivity index (χ1n) is 8.72. The summed E-state index contributed by atoms with van der Waals surface area (Å²) in [6, 6.07) is 26.8. The van der Waals surface area contributed by atoms with Gasteiger partial charge in [0.2, 0.25) is 5.91 Å². The molecule has 0 heterocycles. The van der Waals surface area contributed by atoms with Gasteiger partial charge in [0.1, 0.15) is 0 Å². The second-order valence-corrected chi connectivity index (χ2v) is 7.47. The lowest BCUT2D eigenvalue weighted by molar-refractivity contribution is -0.113. The van der Waals surface area contributed by atoms with Crippen LogP contribution in [0, 0.1) is 13.8 Å². The smallest absolute Gasteiger partial charge is 0.234 e. The van der Waals surface area contributed by atoms with Crippen LogP contribution >= 0.6 is 11.8 Å². The van der Waals surface area contributed by atoms with Crippen LogP contribution < -0.4 is 5.32 Å². The molecule has 1 amide bonds. The van der Waals surface area contributed by atoms with Gasteiger partial charge in [-0.05, 0) is 42.2 Å². The van der Waals surface area contributed by atoms with Crippen molar-refractivity contribution in [3.05, 3.63) is 101 Å². The van der Waals surface area contributed by atoms with Crippen LogP contribution in [-0.4, -0.2) is 11.7 Å². The van der Waals surface area contributed by atoms with Gasteiger partial charge >= 0.3 is 0 Å². The molecule has 132 valence electrons. The number of carbonyl (C=O) groups excluding carboxylic acids is 1. The number of benzene rings is 3. The lowest BCUT2D eigenvalue weighted by Crippen LogP contribution is -2.16. The van der Waals surface area contributed by atoms with Crippen molar-refractivity contribution in [3.8, 4) is 0 Å². The van der Waals surface area contributed by atoms with E-state index in [1.54, 1.807) is 11.8 Å². The lowest BCUT2D eigenvalue weighted by Gasteiger charge is -2.18. The second-order valence-electron chi connectivity index (χ2n) is 6.38. The summed E-state index contributed by atoms with van der Waals surface area (Å²) in [6.45, 7) is 4.05. The van der Waals surface area contributed by atoms with Crippen molar-refractivity contribution in [2.45, 2.75) is 19.1 Å². The number of anilines is 1. The van der Waals surface area contributed by atoms with Gasteiger partial charge in [0.25, 0.3) is 0 Å². The van der Waals surface area contributed by atoms with Crippen LogP contribution in [0.3, 0.4) is 0 Å². The monoisotopic (exact) mass is 361 g/mol. The van der Waals surface area contributed by atoms with Crippen molar-refractivity contribution in [2.75, 3.05) is 11.1 Å². The van der Waals surface area contributed by atoms with E-state index in [0.717, 1.165) is 16.8 Å². The molecule has 1 N–H and O–H groups in total. The van der Waals surface area contributed by atoms with Crippen molar-refractivity contribution < 1.29 is 4.79 Å². The highest BCUT2D eigenvalue weighted by atomic mass is 32.2. The Balaban J connectivity index is 1.72. The van der Waals surface area contributed by atoms with Crippen molar-refractivity contribution in [1.82, 2.24) is 0 Å². The van der Waals surface area contributed by atoms with E-state index in [-0.39, 0.29) is 11.2 Å². The Morgan fingerprint density at radius 2 is 1.46 bits per heavy atom. The molecule has 0 bridgehead atoms. The Morgan fingerprint density at radius 1 is 0.885 bits per heavy atom. The third-order valence-corrected chi connectivity index (χ3v) is 5.56. The molecular formula is C23H23NOS. The highest BCUT2D eigenvalue weighted by Gasteiger charge is 2.16. The first-order valence-corrected chi connectivity index (χ1v) is 9.77. The Morgan fingerprint density at radius 3 is 2.04 bits per heavy atom. The zero-order valence-electron chi connectivity index (χ0n) is 15.1. The molecule has 0 aliphatic rings. The Kier molecular flexibility index (Phi) is 6.13. The molecule has 0 fully saturated rings. The number of carbonyl (C=O) groups is 1. The first-order chi connectivity index (χ1) is 12.6. The predicted molar refractivity (Wildman–Crippen MR) is 112 cm³/mol. The molecule has 0 saturated carbocycles. The molecule has 0 spiro atoms. The van der Waals surface area contributed by atoms with Crippen molar-refractivity contribution in [1.29, 1.82) is 0 Å². The average Bonchev–Trinajstić information content (AvgIpc) is 2.67. The summed E-state index contributed by atoms with van der Waals surface area (Å²) >= 11 is 1.65. The largest absolute Gasteiger partial charge is 0.325 e. The summed E-state index contributed by atoms with van der Waals surface area (Å²) in [4.78, 5) is 12.5. The summed E-state index contributed by atoms with van der Waals surface area (Å²) < 4.78 is 0. The third kappa shape index (κ3) is 4.77. The number of aryl methyl sites for hydroxylation is 2. The van der Waals surface area contributed by atoms with Crippen LogP contribution in [0.1, 0.15) is 27.5 Å². The lowest BCUT2D eigenvalue weighted by atomic mass is 10.0. The molecule has 0 atom stereocenters. The maximum absolute atomic E-state index is 12.5. The zero-order valence-corrected chi connectivity index (χ0v) is 15.9. The molecule has 3 rings (SSSR count). The van der Waals surface area contributed by atoms with E-state index in [0.29, 0.717) is 5.75 Å². The zero-order chi connectivity index (χ0) is 18.4. The molecule has 0 unspecified atom stereocenters. The number of hydrogen-bond acceptors (Lipinski definition) is 2. The molecule has 0 aliphatic heterocycles. The summed E-state index contributed by atoms with van der Waals surface area (Å²) in [7, 11) is 0. The molecule has 3 aromatic rings. The number of nitrogens with one attached hydrogen (secondary N) is 1. The number of hydrogen-bond donors (Lipinski definition) is 1. The van der Waals surface area contributed by atoms with Gasteiger partial charge in [-0.3, -0.25) is 4.79 Å². The van der Waals surface area contributed by atoms with Gasteiger partial charge in [0, 0.05) is 5.69 Å². The molecule has 0 aliphatic carbocycles. The average molecular weight is 362 g/mol. The van der Waals surface area contributed by atoms with Gasteiger partial charge in [0.15, 0.2) is 0 Å². The van der Waals surface area contributed by atoms with E-state index in [2.05, 4.69) is 35.6 Å². The van der Waals surface area contributed by atoms with Gasteiger partial charge in [-0.2, -0.15) is 0 Å². The highest BCUT2D eigenvalue weighted by molar-refractivity contribution is 8.00. The molecule has 0 saturated heterocycles. The molecular weight excluding hydrogens is 338 g/mol. The summed E-state index contributed by atoms with van der Waals surface area (Å²) in [5.41, 5.74) is 5.54. The van der Waals surface area contributed by atoms with E-state index in [9.17, 15) is 4.79 Å². The van der Waals surface area contributed by atoms with Crippen LogP contribution in [-0.2, 0) is 4.79 Å². The fourth-order valence-corrected chi connectivity index (χ4v) is 3.95. The van der Waals surface area contributed by atoms with E-state index in [4.69, 9.17) is 0 Å². The Labute approximate surface area is 159 Å². The maximum Gasteiger partial charge on any atom is 0.234 e. The standard InChI is InChI=1S/C23H23NOS/c1-17-13-14-18(2)21(15-17)24-22(25)16-26-23(19-9-5-3-6-10-19)20-11-7-4-8-12-20/h3-15,23H,16H2,1-2H3,(H,24,25). The van der Waals surface area contributed by atoms with Gasteiger partial charge < -0.3 is 5.32 Å². The number of rotatable bonds is 6. The second kappa shape index (κ2) is 8.72. The number of thioether (sulfide) groups is 1. The van der Waals surface area contributed by atoms with Crippen molar-refractivity contribution in [2.24, 2.45) is 0 Å². The van der Waals surface area contributed by atoms with Gasteiger partial charge in [-0.1, -0.05) is 72.8 Å². The fourth-order valence-electron chi connectivity index (χ4n) is 2.86. The summed E-state index contributed by atoms with van der Waals surface area (Å²) in [5.74, 6) is 0.433. The quantitative estimate of drug-likeness (QED) is 0.604. The topological polar surface area (TPSA) is 29.1 Å². The molecule has 0 radical (unpaired) electrons. The first kappa shape index (κ1) is 18.3. The molecule has 3 heteroatoms. The number of amides is 1. The molecule has 26 heavy (non-hydrogen) atoms.